The zero-order chi connectivity index (χ0) is 12.7. The fourth-order valence-electron chi connectivity index (χ4n) is 2.70. The Labute approximate surface area is 103 Å². The molecule has 0 radical (unpaired) electrons. The van der Waals surface area contributed by atoms with Crippen LogP contribution in [0.4, 0.5) is 0 Å². The van der Waals surface area contributed by atoms with Crippen molar-refractivity contribution in [3.05, 3.63) is 45.2 Å². The van der Waals surface area contributed by atoms with E-state index >= 15 is 0 Å². The Morgan fingerprint density at radius 1 is 1.22 bits per heavy atom. The number of aromatic carboxylic acids is 1. The van der Waals surface area contributed by atoms with E-state index in [4.69, 9.17) is 5.11 Å². The van der Waals surface area contributed by atoms with E-state index in [1.165, 1.54) is 23.7 Å². The second-order valence-corrected chi connectivity index (χ2v) is 4.67. The molecular formula is C14H13NO3. The summed E-state index contributed by atoms with van der Waals surface area (Å²) in [5, 5.41) is 9.43. The number of carboxylic acid groups (broad SMARTS) is 1. The average molecular weight is 243 g/mol. The lowest BCUT2D eigenvalue weighted by Crippen LogP contribution is -2.17. The van der Waals surface area contributed by atoms with E-state index in [0.717, 1.165) is 24.8 Å². The molecule has 1 aliphatic carbocycles. The molecule has 0 unspecified atom stereocenters. The van der Waals surface area contributed by atoms with Gasteiger partial charge in [0.05, 0.1) is 5.52 Å². The molecule has 2 aromatic rings. The molecule has 4 nitrogen and oxygen atoms in total. The van der Waals surface area contributed by atoms with Gasteiger partial charge in [0.15, 0.2) is 0 Å². The van der Waals surface area contributed by atoms with Gasteiger partial charge in [0.25, 0.3) is 0 Å². The molecule has 18 heavy (non-hydrogen) atoms. The Kier molecular flexibility index (Phi) is 2.44. The highest BCUT2D eigenvalue weighted by atomic mass is 16.4. The summed E-state index contributed by atoms with van der Waals surface area (Å²) in [5.41, 5.74) is 2.66. The summed E-state index contributed by atoms with van der Waals surface area (Å²) in [4.78, 5) is 26.0. The molecule has 92 valence electrons. The summed E-state index contributed by atoms with van der Waals surface area (Å²) in [6, 6.07) is 3.70. The Bertz CT molecular complexity index is 700. The van der Waals surface area contributed by atoms with Crippen molar-refractivity contribution in [3.8, 4) is 0 Å². The minimum Gasteiger partial charge on any atom is -0.477 e. The van der Waals surface area contributed by atoms with Crippen LogP contribution >= 0.6 is 0 Å². The summed E-state index contributed by atoms with van der Waals surface area (Å²) < 4.78 is 0. The standard InChI is InChI=1S/C14H13NO3/c16-13-10-6-5-8-3-1-2-4-9(8)12(10)15-7-11(13)14(17)18/h5-7H,1-4H2,(H,15,16)(H,17,18). The van der Waals surface area contributed by atoms with Crippen LogP contribution in [-0.4, -0.2) is 16.1 Å². The highest BCUT2D eigenvalue weighted by Gasteiger charge is 2.17. The summed E-state index contributed by atoms with van der Waals surface area (Å²) >= 11 is 0. The molecule has 0 aliphatic heterocycles. The van der Waals surface area contributed by atoms with Crippen molar-refractivity contribution < 1.29 is 9.90 Å². The predicted octanol–water partition coefficient (Wildman–Crippen LogP) is 2.11. The number of hydrogen-bond donors (Lipinski definition) is 2. The molecule has 4 heteroatoms. The van der Waals surface area contributed by atoms with E-state index in [2.05, 4.69) is 4.98 Å². The van der Waals surface area contributed by atoms with Gasteiger partial charge in [-0.3, -0.25) is 4.79 Å². The monoisotopic (exact) mass is 243 g/mol. The third-order valence-electron chi connectivity index (χ3n) is 3.61. The van der Waals surface area contributed by atoms with Gasteiger partial charge in [0.1, 0.15) is 5.56 Å². The fraction of sp³-hybridized carbons (Fsp3) is 0.286. The Morgan fingerprint density at radius 2 is 2.00 bits per heavy atom. The molecule has 0 fully saturated rings. The van der Waals surface area contributed by atoms with Crippen LogP contribution < -0.4 is 5.43 Å². The predicted molar refractivity (Wildman–Crippen MR) is 68.2 cm³/mol. The Balaban J connectivity index is 2.35. The molecule has 0 amide bonds. The summed E-state index contributed by atoms with van der Waals surface area (Å²) in [7, 11) is 0. The van der Waals surface area contributed by atoms with Crippen molar-refractivity contribution in [2.75, 3.05) is 0 Å². The first kappa shape index (κ1) is 11.0. The third-order valence-corrected chi connectivity index (χ3v) is 3.61. The van der Waals surface area contributed by atoms with Crippen molar-refractivity contribution in [3.63, 3.8) is 0 Å². The van der Waals surface area contributed by atoms with Crippen LogP contribution in [0.25, 0.3) is 10.9 Å². The molecule has 1 aromatic heterocycles. The largest absolute Gasteiger partial charge is 0.477 e. The van der Waals surface area contributed by atoms with Gasteiger partial charge in [0.2, 0.25) is 5.43 Å². The lowest BCUT2D eigenvalue weighted by Gasteiger charge is -2.17. The number of aryl methyl sites for hydroxylation is 2. The zero-order valence-electron chi connectivity index (χ0n) is 9.82. The van der Waals surface area contributed by atoms with Crippen LogP contribution in [0, 0.1) is 0 Å². The lowest BCUT2D eigenvalue weighted by atomic mass is 9.89. The van der Waals surface area contributed by atoms with Crippen molar-refractivity contribution >= 4 is 16.9 Å². The molecule has 1 aromatic carbocycles. The van der Waals surface area contributed by atoms with E-state index < -0.39 is 11.4 Å². The maximum atomic E-state index is 12.1. The number of aromatic amines is 1. The SMILES string of the molecule is O=C(O)c1c[nH]c2c3c(ccc2c1=O)CCCC3. The van der Waals surface area contributed by atoms with Crippen LogP contribution in [0.2, 0.25) is 0 Å². The van der Waals surface area contributed by atoms with Crippen LogP contribution in [0.15, 0.2) is 23.1 Å². The number of pyridine rings is 1. The number of aromatic nitrogens is 1. The first-order valence-corrected chi connectivity index (χ1v) is 6.08. The van der Waals surface area contributed by atoms with Crippen molar-refractivity contribution in [1.29, 1.82) is 0 Å². The van der Waals surface area contributed by atoms with Crippen molar-refractivity contribution in [2.45, 2.75) is 25.7 Å². The number of nitrogens with one attached hydrogen (secondary N) is 1. The zero-order valence-corrected chi connectivity index (χ0v) is 9.82. The third kappa shape index (κ3) is 1.53. The van der Waals surface area contributed by atoms with Crippen molar-refractivity contribution in [2.24, 2.45) is 0 Å². The van der Waals surface area contributed by atoms with Crippen LogP contribution in [-0.2, 0) is 12.8 Å². The van der Waals surface area contributed by atoms with Crippen LogP contribution in [0.3, 0.4) is 0 Å². The second kappa shape index (κ2) is 3.98. The maximum absolute atomic E-state index is 12.1. The van der Waals surface area contributed by atoms with Gasteiger partial charge >= 0.3 is 5.97 Å². The average Bonchev–Trinajstić information content (AvgIpc) is 2.38. The number of H-pyrrole nitrogens is 1. The van der Waals surface area contributed by atoms with E-state index in [1.807, 2.05) is 6.07 Å². The first-order valence-electron chi connectivity index (χ1n) is 6.08. The second-order valence-electron chi connectivity index (χ2n) is 4.67. The fourth-order valence-corrected chi connectivity index (χ4v) is 2.70. The maximum Gasteiger partial charge on any atom is 0.341 e. The number of rotatable bonds is 1. The highest BCUT2D eigenvalue weighted by molar-refractivity contribution is 5.93. The number of hydrogen-bond acceptors (Lipinski definition) is 2. The smallest absolute Gasteiger partial charge is 0.341 e. The summed E-state index contributed by atoms with van der Waals surface area (Å²) in [5.74, 6) is -1.18. The van der Waals surface area contributed by atoms with Crippen LogP contribution in [0.1, 0.15) is 34.3 Å². The Morgan fingerprint density at radius 3 is 2.78 bits per heavy atom. The van der Waals surface area contributed by atoms with E-state index in [-0.39, 0.29) is 5.56 Å². The van der Waals surface area contributed by atoms with Crippen molar-refractivity contribution in [1.82, 2.24) is 4.98 Å². The van der Waals surface area contributed by atoms with Gasteiger partial charge in [-0.25, -0.2) is 4.79 Å². The minimum absolute atomic E-state index is 0.196. The van der Waals surface area contributed by atoms with Gasteiger partial charge in [0, 0.05) is 11.6 Å². The molecule has 2 N–H and O–H groups in total. The van der Waals surface area contributed by atoms with E-state index in [1.54, 1.807) is 6.07 Å². The van der Waals surface area contributed by atoms with Gasteiger partial charge in [-0.15, -0.1) is 0 Å². The van der Waals surface area contributed by atoms with Gasteiger partial charge in [-0.2, -0.15) is 0 Å². The molecular weight excluding hydrogens is 230 g/mol. The van der Waals surface area contributed by atoms with Gasteiger partial charge in [-0.05, 0) is 42.9 Å². The number of benzene rings is 1. The Hall–Kier alpha value is -2.10. The molecule has 0 saturated heterocycles. The molecule has 3 rings (SSSR count). The molecule has 0 atom stereocenters. The van der Waals surface area contributed by atoms with Gasteiger partial charge in [-0.1, -0.05) is 6.07 Å². The number of fused-ring (bicyclic) bond motifs is 3. The molecule has 0 spiro atoms. The summed E-state index contributed by atoms with van der Waals surface area (Å²) in [6.45, 7) is 0. The molecule has 0 saturated carbocycles. The minimum atomic E-state index is -1.18. The normalized spacial score (nSPS) is 14.4. The van der Waals surface area contributed by atoms with Gasteiger partial charge < -0.3 is 10.1 Å². The summed E-state index contributed by atoms with van der Waals surface area (Å²) in [6.07, 6.45) is 5.59. The quantitative estimate of drug-likeness (QED) is 0.805. The van der Waals surface area contributed by atoms with E-state index in [0.29, 0.717) is 5.39 Å². The topological polar surface area (TPSA) is 70.2 Å². The number of carbonyl (C=O) groups is 1. The molecule has 1 heterocycles. The number of carboxylic acids is 1. The molecule has 1 aliphatic rings. The highest BCUT2D eigenvalue weighted by Crippen LogP contribution is 2.26. The van der Waals surface area contributed by atoms with Crippen LogP contribution in [0.5, 0.6) is 0 Å². The first-order chi connectivity index (χ1) is 8.68. The lowest BCUT2D eigenvalue weighted by molar-refractivity contribution is 0.0695. The van der Waals surface area contributed by atoms with E-state index in [9.17, 15) is 9.59 Å². The molecule has 0 bridgehead atoms.